The molecule has 0 aromatic heterocycles. The van der Waals surface area contributed by atoms with Crippen LogP contribution >= 0.6 is 0 Å². The second-order valence-electron chi connectivity index (χ2n) is 5.47. The number of carboxylic acids is 2. The molecule has 1 aromatic rings. The van der Waals surface area contributed by atoms with E-state index >= 15 is 0 Å². The minimum atomic E-state index is -1.82. The van der Waals surface area contributed by atoms with Gasteiger partial charge in [-0.2, -0.15) is 0 Å². The molecule has 8 heteroatoms. The van der Waals surface area contributed by atoms with Crippen LogP contribution in [0.25, 0.3) is 4.85 Å². The molecular weight excluding hydrogens is 316 g/mol. The van der Waals surface area contributed by atoms with Crippen LogP contribution in [0.1, 0.15) is 30.4 Å². The Kier molecular flexibility index (Phi) is 6.17. The highest BCUT2D eigenvalue weighted by molar-refractivity contribution is 6.27. The molecule has 128 valence electrons. The van der Waals surface area contributed by atoms with Crippen molar-refractivity contribution in [3.8, 4) is 0 Å². The number of carboxylic acid groups (broad SMARTS) is 2. The summed E-state index contributed by atoms with van der Waals surface area (Å²) in [5.41, 5.74) is 7.02. The van der Waals surface area contributed by atoms with Crippen molar-refractivity contribution in [1.29, 1.82) is 0 Å². The first-order chi connectivity index (χ1) is 11.1. The van der Waals surface area contributed by atoms with Crippen molar-refractivity contribution < 1.29 is 29.7 Å². The lowest BCUT2D eigenvalue weighted by atomic mass is 9.75. The van der Waals surface area contributed by atoms with E-state index in [1.54, 1.807) is 18.2 Å². The first kappa shape index (κ1) is 19.3. The second-order valence-corrected chi connectivity index (χ2v) is 5.47. The molecular formula is C16H18N2O6. The van der Waals surface area contributed by atoms with E-state index in [0.29, 0.717) is 30.5 Å². The molecule has 2 atom stereocenters. The number of benzene rings is 1. The molecule has 1 fully saturated rings. The first-order valence-electron chi connectivity index (χ1n) is 7.09. The zero-order chi connectivity index (χ0) is 18.5. The monoisotopic (exact) mass is 334 g/mol. The maximum atomic E-state index is 12.1. The third kappa shape index (κ3) is 4.16. The highest BCUT2D eigenvalue weighted by Crippen LogP contribution is 2.34. The summed E-state index contributed by atoms with van der Waals surface area (Å²) < 4.78 is 0. The standard InChI is InChI=1S/C14H16N2O2.C2H2O4/c1-9-5-6-10(8-11(9)16-2)14(15)7-3-4-12(17)13(14)18;3-1(4)2(5)6/h5-6,8,12,17H,3-4,7,15H2,1H3;(H,3,4)(H,5,6). The number of rotatable bonds is 1. The lowest BCUT2D eigenvalue weighted by molar-refractivity contribution is -0.159. The molecule has 5 N–H and O–H groups in total. The van der Waals surface area contributed by atoms with Crippen LogP contribution in [0.5, 0.6) is 0 Å². The summed E-state index contributed by atoms with van der Waals surface area (Å²) >= 11 is 0. The molecule has 0 radical (unpaired) electrons. The summed E-state index contributed by atoms with van der Waals surface area (Å²) in [5.74, 6) is -3.99. The minimum Gasteiger partial charge on any atom is -0.473 e. The predicted octanol–water partition coefficient (Wildman–Crippen LogP) is 0.969. The Morgan fingerprint density at radius 3 is 2.42 bits per heavy atom. The molecule has 2 rings (SSSR count). The van der Waals surface area contributed by atoms with E-state index < -0.39 is 23.6 Å². The van der Waals surface area contributed by atoms with Gasteiger partial charge in [0.05, 0.1) is 6.57 Å². The molecule has 0 bridgehead atoms. The van der Waals surface area contributed by atoms with Gasteiger partial charge < -0.3 is 21.1 Å². The number of hydrogen-bond acceptors (Lipinski definition) is 5. The van der Waals surface area contributed by atoms with E-state index in [9.17, 15) is 9.90 Å². The van der Waals surface area contributed by atoms with Crippen LogP contribution in [-0.2, 0) is 19.9 Å². The van der Waals surface area contributed by atoms with Crippen LogP contribution < -0.4 is 5.73 Å². The number of aliphatic hydroxyl groups is 1. The van der Waals surface area contributed by atoms with Crippen LogP contribution in [0.2, 0.25) is 0 Å². The summed E-state index contributed by atoms with van der Waals surface area (Å²) in [4.78, 5) is 33.7. The van der Waals surface area contributed by atoms with Gasteiger partial charge in [-0.05, 0) is 37.3 Å². The zero-order valence-electron chi connectivity index (χ0n) is 13.0. The quantitative estimate of drug-likeness (QED) is 0.442. The average molecular weight is 334 g/mol. The largest absolute Gasteiger partial charge is 0.473 e. The lowest BCUT2D eigenvalue weighted by Gasteiger charge is -2.35. The van der Waals surface area contributed by atoms with Gasteiger partial charge in [0.25, 0.3) is 0 Å². The zero-order valence-corrected chi connectivity index (χ0v) is 13.0. The van der Waals surface area contributed by atoms with Gasteiger partial charge in [-0.1, -0.05) is 18.2 Å². The van der Waals surface area contributed by atoms with Gasteiger partial charge in [-0.15, -0.1) is 0 Å². The number of Topliss-reactive ketones (excluding diaryl/α,β-unsaturated/α-hetero) is 1. The highest BCUT2D eigenvalue weighted by atomic mass is 16.4. The molecule has 1 saturated carbocycles. The smallest absolute Gasteiger partial charge is 0.414 e. The molecule has 1 aliphatic rings. The molecule has 0 heterocycles. The summed E-state index contributed by atoms with van der Waals surface area (Å²) in [5, 5.41) is 24.4. The van der Waals surface area contributed by atoms with Gasteiger partial charge in [0.1, 0.15) is 11.6 Å². The van der Waals surface area contributed by atoms with Crippen molar-refractivity contribution in [2.24, 2.45) is 5.73 Å². The summed E-state index contributed by atoms with van der Waals surface area (Å²) in [7, 11) is 0. The van der Waals surface area contributed by atoms with Gasteiger partial charge in [0.2, 0.25) is 0 Å². The maximum Gasteiger partial charge on any atom is 0.414 e. The van der Waals surface area contributed by atoms with Crippen LogP contribution in [0.15, 0.2) is 18.2 Å². The van der Waals surface area contributed by atoms with E-state index in [1.807, 2.05) is 6.92 Å². The van der Waals surface area contributed by atoms with Crippen LogP contribution in [-0.4, -0.2) is 39.1 Å². The first-order valence-corrected chi connectivity index (χ1v) is 7.09. The molecule has 0 aliphatic heterocycles. The number of ketones is 1. The normalized spacial score (nSPS) is 22.8. The molecule has 0 spiro atoms. The number of carbonyl (C=O) groups excluding carboxylic acids is 1. The fourth-order valence-corrected chi connectivity index (χ4v) is 2.42. The van der Waals surface area contributed by atoms with Crippen molar-refractivity contribution >= 4 is 23.4 Å². The number of nitrogens with zero attached hydrogens (tertiary/aromatic N) is 1. The van der Waals surface area contributed by atoms with Crippen LogP contribution in [0.3, 0.4) is 0 Å². The number of carbonyl (C=O) groups is 3. The summed E-state index contributed by atoms with van der Waals surface area (Å²) in [6.07, 6.45) is 0.717. The van der Waals surface area contributed by atoms with Gasteiger partial charge in [-0.25, -0.2) is 14.4 Å². The van der Waals surface area contributed by atoms with Crippen molar-refractivity contribution in [2.75, 3.05) is 0 Å². The summed E-state index contributed by atoms with van der Waals surface area (Å²) in [6, 6.07) is 5.24. The highest BCUT2D eigenvalue weighted by Gasteiger charge is 2.42. The van der Waals surface area contributed by atoms with Crippen molar-refractivity contribution in [3.05, 3.63) is 40.7 Å². The minimum absolute atomic E-state index is 0.339. The molecule has 1 aromatic carbocycles. The van der Waals surface area contributed by atoms with Crippen molar-refractivity contribution in [3.63, 3.8) is 0 Å². The Labute approximate surface area is 138 Å². The molecule has 0 amide bonds. The molecule has 0 saturated heterocycles. The number of nitrogens with two attached hydrogens (primary N) is 1. The third-order valence-corrected chi connectivity index (χ3v) is 3.82. The fraction of sp³-hybridized carbons (Fsp3) is 0.375. The Morgan fingerprint density at radius 2 is 1.92 bits per heavy atom. The Bertz CT molecular complexity index is 697. The molecule has 8 nitrogen and oxygen atoms in total. The Hall–Kier alpha value is -2.76. The average Bonchev–Trinajstić information content (AvgIpc) is 2.53. The van der Waals surface area contributed by atoms with Crippen LogP contribution in [0.4, 0.5) is 5.69 Å². The van der Waals surface area contributed by atoms with Gasteiger partial charge in [0, 0.05) is 0 Å². The molecule has 1 aliphatic carbocycles. The van der Waals surface area contributed by atoms with Crippen molar-refractivity contribution in [1.82, 2.24) is 0 Å². The number of aliphatic carboxylic acids is 2. The summed E-state index contributed by atoms with van der Waals surface area (Å²) in [6.45, 7) is 8.94. The van der Waals surface area contributed by atoms with Gasteiger partial charge in [0.15, 0.2) is 11.5 Å². The molecule has 2 unspecified atom stereocenters. The van der Waals surface area contributed by atoms with Gasteiger partial charge >= 0.3 is 11.9 Å². The lowest BCUT2D eigenvalue weighted by Crippen LogP contribution is -2.52. The Morgan fingerprint density at radius 1 is 1.33 bits per heavy atom. The third-order valence-electron chi connectivity index (χ3n) is 3.82. The van der Waals surface area contributed by atoms with E-state index in [1.165, 1.54) is 0 Å². The number of aryl methyl sites for hydroxylation is 1. The van der Waals surface area contributed by atoms with Crippen molar-refractivity contribution in [2.45, 2.75) is 37.8 Å². The topological polar surface area (TPSA) is 142 Å². The van der Waals surface area contributed by atoms with Gasteiger partial charge in [-0.3, -0.25) is 4.79 Å². The molecule has 24 heavy (non-hydrogen) atoms. The fourth-order valence-electron chi connectivity index (χ4n) is 2.42. The van der Waals surface area contributed by atoms with E-state index in [4.69, 9.17) is 32.1 Å². The predicted molar refractivity (Wildman–Crippen MR) is 83.4 cm³/mol. The van der Waals surface area contributed by atoms with Crippen LogP contribution in [0, 0.1) is 13.5 Å². The number of hydrogen-bond donors (Lipinski definition) is 4. The maximum absolute atomic E-state index is 12.1. The Balaban J connectivity index is 0.000000413. The van der Waals surface area contributed by atoms with E-state index in [2.05, 4.69) is 4.85 Å². The van der Waals surface area contributed by atoms with E-state index in [-0.39, 0.29) is 5.78 Å². The number of aliphatic hydroxyl groups excluding tert-OH is 1. The van der Waals surface area contributed by atoms with E-state index in [0.717, 1.165) is 5.56 Å². The second kappa shape index (κ2) is 7.68. The SMILES string of the molecule is O=C(O)C(=O)O.[C-]#[N+]c1cc(C2(N)CCCC(O)C2=O)ccc1C.